The molecule has 0 aromatic carbocycles. The summed E-state index contributed by atoms with van der Waals surface area (Å²) in [4.78, 5) is 0. The summed E-state index contributed by atoms with van der Waals surface area (Å²) < 4.78 is 34.3. The zero-order valence-electron chi connectivity index (χ0n) is 20.4. The summed E-state index contributed by atoms with van der Waals surface area (Å²) in [6, 6.07) is 0. The van der Waals surface area contributed by atoms with Crippen LogP contribution < -0.4 is 51.4 Å². The quantitative estimate of drug-likeness (QED) is 0.146. The van der Waals surface area contributed by atoms with Gasteiger partial charge in [0, 0.05) is 5.25 Å². The van der Waals surface area contributed by atoms with Gasteiger partial charge in [-0.15, -0.1) is 0 Å². The van der Waals surface area contributed by atoms with Crippen molar-refractivity contribution >= 4 is 10.1 Å². The van der Waals surface area contributed by atoms with Crippen LogP contribution in [0.5, 0.6) is 0 Å². The van der Waals surface area contributed by atoms with Crippen LogP contribution in [-0.2, 0) is 10.1 Å². The summed E-state index contributed by atoms with van der Waals surface area (Å²) in [5.41, 5.74) is 0. The van der Waals surface area contributed by atoms with E-state index in [1.54, 1.807) is 0 Å². The SMILES string of the molecule is CCCCCCCCCCCCCCCCCC(CCCC(O)CC)S(=O)(=O)[O-].[K+]. The van der Waals surface area contributed by atoms with Crippen molar-refractivity contribution in [2.24, 2.45) is 0 Å². The zero-order chi connectivity index (χ0) is 21.8. The van der Waals surface area contributed by atoms with Crippen LogP contribution >= 0.6 is 0 Å². The molecule has 0 rings (SSSR count). The molecule has 2 unspecified atom stereocenters. The summed E-state index contributed by atoms with van der Waals surface area (Å²) in [5.74, 6) is 0. The van der Waals surface area contributed by atoms with Crippen molar-refractivity contribution in [3.63, 3.8) is 0 Å². The standard InChI is InChI=1S/C24H50O4S.K/c1-3-5-6-7-8-9-10-11-12-13-14-15-16-17-18-21-24(29(26,27)28)22-19-20-23(25)4-2;/h23-25H,3-22H2,1-2H3,(H,26,27,28);/q;+1/p-1. The van der Waals surface area contributed by atoms with Crippen LogP contribution in [-0.4, -0.2) is 29.4 Å². The molecule has 6 heteroatoms. The molecule has 0 saturated carbocycles. The Morgan fingerprint density at radius 1 is 0.633 bits per heavy atom. The number of hydrogen-bond donors (Lipinski definition) is 1. The molecule has 0 amide bonds. The molecule has 176 valence electrons. The second-order valence-corrected chi connectivity index (χ2v) is 10.5. The molecule has 0 aromatic heterocycles. The van der Waals surface area contributed by atoms with Gasteiger partial charge in [0.1, 0.15) is 0 Å². The smallest absolute Gasteiger partial charge is 0.748 e. The van der Waals surface area contributed by atoms with E-state index >= 15 is 0 Å². The fraction of sp³-hybridized carbons (Fsp3) is 1.00. The van der Waals surface area contributed by atoms with E-state index in [0.29, 0.717) is 32.1 Å². The van der Waals surface area contributed by atoms with E-state index in [-0.39, 0.29) is 57.5 Å². The second-order valence-electron chi connectivity index (χ2n) is 8.85. The van der Waals surface area contributed by atoms with E-state index in [2.05, 4.69) is 6.92 Å². The molecule has 0 saturated heterocycles. The Labute approximate surface area is 230 Å². The Kier molecular flexibility index (Phi) is 26.6. The van der Waals surface area contributed by atoms with E-state index < -0.39 is 15.4 Å². The third-order valence-electron chi connectivity index (χ3n) is 6.07. The maximum atomic E-state index is 11.4. The van der Waals surface area contributed by atoms with Crippen molar-refractivity contribution < 1.29 is 69.5 Å². The largest absolute Gasteiger partial charge is 1.00 e. The molecular formula is C24H49KO4S. The van der Waals surface area contributed by atoms with Crippen molar-refractivity contribution in [2.75, 3.05) is 0 Å². The van der Waals surface area contributed by atoms with E-state index in [0.717, 1.165) is 19.3 Å². The maximum Gasteiger partial charge on any atom is 1.00 e. The summed E-state index contributed by atoms with van der Waals surface area (Å²) in [5, 5.41) is 8.79. The maximum absolute atomic E-state index is 11.4. The van der Waals surface area contributed by atoms with Crippen LogP contribution in [0.25, 0.3) is 0 Å². The average molecular weight is 473 g/mol. The first-order chi connectivity index (χ1) is 13.9. The van der Waals surface area contributed by atoms with Crippen molar-refractivity contribution in [3.05, 3.63) is 0 Å². The van der Waals surface area contributed by atoms with E-state index in [1.807, 2.05) is 6.92 Å². The van der Waals surface area contributed by atoms with Gasteiger partial charge in [-0.25, -0.2) is 8.42 Å². The monoisotopic (exact) mass is 472 g/mol. The molecule has 0 aliphatic heterocycles. The van der Waals surface area contributed by atoms with Gasteiger partial charge in [-0.3, -0.25) is 0 Å². The van der Waals surface area contributed by atoms with E-state index in [1.165, 1.54) is 77.0 Å². The van der Waals surface area contributed by atoms with Crippen molar-refractivity contribution in [3.8, 4) is 0 Å². The molecule has 0 fully saturated rings. The normalized spacial score (nSPS) is 13.7. The van der Waals surface area contributed by atoms with E-state index in [9.17, 15) is 18.1 Å². The third kappa shape index (κ3) is 22.7. The van der Waals surface area contributed by atoms with Gasteiger partial charge in [0.05, 0.1) is 16.2 Å². The Balaban J connectivity index is 0. The van der Waals surface area contributed by atoms with Gasteiger partial charge in [-0.05, 0) is 32.1 Å². The van der Waals surface area contributed by atoms with Crippen LogP contribution in [0.2, 0.25) is 0 Å². The Hall–Kier alpha value is 1.51. The van der Waals surface area contributed by atoms with Crippen molar-refractivity contribution in [1.82, 2.24) is 0 Å². The molecule has 0 aliphatic carbocycles. The van der Waals surface area contributed by atoms with Gasteiger partial charge in [-0.2, -0.15) is 0 Å². The van der Waals surface area contributed by atoms with E-state index in [4.69, 9.17) is 0 Å². The average Bonchev–Trinajstić information content (AvgIpc) is 2.68. The minimum atomic E-state index is -4.22. The molecule has 0 radical (unpaired) electrons. The molecule has 0 bridgehead atoms. The Morgan fingerprint density at radius 3 is 1.37 bits per heavy atom. The molecule has 0 aromatic rings. The molecule has 30 heavy (non-hydrogen) atoms. The van der Waals surface area contributed by atoms with Crippen LogP contribution in [0.15, 0.2) is 0 Å². The zero-order valence-corrected chi connectivity index (χ0v) is 24.3. The first-order valence-corrected chi connectivity index (χ1v) is 14.0. The van der Waals surface area contributed by atoms with Gasteiger partial charge < -0.3 is 9.66 Å². The van der Waals surface area contributed by atoms with Crippen LogP contribution in [0.1, 0.15) is 142 Å². The number of aliphatic hydroxyl groups excluding tert-OH is 1. The molecule has 0 aliphatic rings. The Morgan fingerprint density at radius 2 is 1.00 bits per heavy atom. The molecule has 4 nitrogen and oxygen atoms in total. The second kappa shape index (κ2) is 23.7. The summed E-state index contributed by atoms with van der Waals surface area (Å²) in [7, 11) is -4.22. The minimum absolute atomic E-state index is 0. The van der Waals surface area contributed by atoms with Gasteiger partial charge in [0.25, 0.3) is 0 Å². The molecular weight excluding hydrogens is 423 g/mol. The van der Waals surface area contributed by atoms with Gasteiger partial charge in [0.15, 0.2) is 0 Å². The summed E-state index contributed by atoms with van der Waals surface area (Å²) in [6.45, 7) is 4.16. The van der Waals surface area contributed by atoms with Gasteiger partial charge >= 0.3 is 51.4 Å². The first kappa shape index (κ1) is 33.7. The Bertz CT molecular complexity index is 442. The molecule has 1 N–H and O–H groups in total. The van der Waals surface area contributed by atoms with Gasteiger partial charge in [-0.1, -0.05) is 110 Å². The number of hydrogen-bond acceptors (Lipinski definition) is 4. The van der Waals surface area contributed by atoms with Crippen LogP contribution in [0, 0.1) is 0 Å². The van der Waals surface area contributed by atoms with Crippen molar-refractivity contribution in [2.45, 2.75) is 154 Å². The van der Waals surface area contributed by atoms with Gasteiger partial charge in [0.2, 0.25) is 0 Å². The first-order valence-electron chi connectivity index (χ1n) is 12.5. The summed E-state index contributed by atoms with van der Waals surface area (Å²) in [6.07, 6.45) is 21.5. The predicted molar refractivity (Wildman–Crippen MR) is 123 cm³/mol. The summed E-state index contributed by atoms with van der Waals surface area (Å²) >= 11 is 0. The molecule has 2 atom stereocenters. The van der Waals surface area contributed by atoms with Crippen LogP contribution in [0.3, 0.4) is 0 Å². The number of unbranched alkanes of at least 4 members (excludes halogenated alkanes) is 14. The molecule has 0 spiro atoms. The number of aliphatic hydroxyl groups is 1. The fourth-order valence-corrected chi connectivity index (χ4v) is 4.87. The number of rotatable bonds is 22. The van der Waals surface area contributed by atoms with Crippen molar-refractivity contribution in [1.29, 1.82) is 0 Å². The minimum Gasteiger partial charge on any atom is -0.748 e. The predicted octanol–water partition coefficient (Wildman–Crippen LogP) is 4.11. The molecule has 0 heterocycles. The third-order valence-corrected chi connectivity index (χ3v) is 7.36. The van der Waals surface area contributed by atoms with Crippen LogP contribution in [0.4, 0.5) is 0 Å². The topological polar surface area (TPSA) is 77.4 Å². The fourth-order valence-electron chi connectivity index (χ4n) is 3.96.